The summed E-state index contributed by atoms with van der Waals surface area (Å²) in [4.78, 5) is 23.9. The van der Waals surface area contributed by atoms with Crippen LogP contribution in [0.15, 0.2) is 67.0 Å². The maximum atomic E-state index is 11.1. The van der Waals surface area contributed by atoms with Gasteiger partial charge in [0.25, 0.3) is 5.69 Å². The van der Waals surface area contributed by atoms with E-state index in [-0.39, 0.29) is 12.3 Å². The molecule has 3 aromatic carbocycles. The van der Waals surface area contributed by atoms with Crippen molar-refractivity contribution in [2.45, 2.75) is 6.61 Å². The summed E-state index contributed by atoms with van der Waals surface area (Å²) < 4.78 is 12.7. The molecule has 5 rings (SSSR count). The van der Waals surface area contributed by atoms with Gasteiger partial charge in [-0.1, -0.05) is 18.2 Å². The van der Waals surface area contributed by atoms with Crippen molar-refractivity contribution in [3.63, 3.8) is 0 Å². The maximum absolute atomic E-state index is 11.1. The van der Waals surface area contributed by atoms with E-state index >= 15 is 0 Å². The Morgan fingerprint density at radius 1 is 1.03 bits per heavy atom. The molecule has 164 valence electrons. The average Bonchev–Trinajstić information content (AvgIpc) is 3.25. The van der Waals surface area contributed by atoms with Gasteiger partial charge in [-0.15, -0.1) is 11.3 Å². The number of thiazole rings is 1. The van der Waals surface area contributed by atoms with Gasteiger partial charge in [0.2, 0.25) is 0 Å². The molecule has 0 aliphatic carbocycles. The highest BCUT2D eigenvalue weighted by Crippen LogP contribution is 2.36. The zero-order valence-corrected chi connectivity index (χ0v) is 18.2. The second-order valence-electron chi connectivity index (χ2n) is 7.04. The SMILES string of the molecule is COc1cc2ncnc(Nc3cccc([N+](=O)[O-])c3)c2cc1OCc1nc2ccccc2s1. The number of rotatable bonds is 7. The summed E-state index contributed by atoms with van der Waals surface area (Å²) in [6.07, 6.45) is 1.42. The molecule has 0 bridgehead atoms. The van der Waals surface area contributed by atoms with Gasteiger partial charge >= 0.3 is 0 Å². The number of nitro benzene ring substituents is 1. The number of non-ortho nitro benzene ring substituents is 1. The van der Waals surface area contributed by atoms with Gasteiger partial charge in [0.15, 0.2) is 11.5 Å². The van der Waals surface area contributed by atoms with Gasteiger partial charge < -0.3 is 14.8 Å². The van der Waals surface area contributed by atoms with Crippen LogP contribution in [-0.4, -0.2) is 27.0 Å². The first-order valence-corrected chi connectivity index (χ1v) is 10.7. The summed E-state index contributed by atoms with van der Waals surface area (Å²) >= 11 is 1.57. The number of anilines is 2. The van der Waals surface area contributed by atoms with Crippen molar-refractivity contribution in [2.75, 3.05) is 12.4 Å². The Balaban J connectivity index is 1.47. The van der Waals surface area contributed by atoms with E-state index in [0.29, 0.717) is 33.9 Å². The Bertz CT molecular complexity index is 1450. The fraction of sp³-hybridized carbons (Fsp3) is 0.0870. The lowest BCUT2D eigenvalue weighted by molar-refractivity contribution is -0.384. The lowest BCUT2D eigenvalue weighted by Gasteiger charge is -2.13. The number of nitrogens with zero attached hydrogens (tertiary/aromatic N) is 4. The summed E-state index contributed by atoms with van der Waals surface area (Å²) in [6, 6.07) is 17.7. The number of nitrogens with one attached hydrogen (secondary N) is 1. The third-order valence-electron chi connectivity index (χ3n) is 4.93. The number of fused-ring (bicyclic) bond motifs is 2. The van der Waals surface area contributed by atoms with Gasteiger partial charge in [0, 0.05) is 29.3 Å². The lowest BCUT2D eigenvalue weighted by atomic mass is 10.2. The number of ether oxygens (including phenoxy) is 2. The molecular weight excluding hydrogens is 442 g/mol. The highest BCUT2D eigenvalue weighted by molar-refractivity contribution is 7.18. The molecule has 0 aliphatic rings. The van der Waals surface area contributed by atoms with Crippen LogP contribution in [0.25, 0.3) is 21.1 Å². The predicted octanol–water partition coefficient (Wildman–Crippen LogP) is 5.48. The standard InChI is InChI=1S/C23H17N5O4S/c1-31-19-11-18-16(10-20(19)32-12-22-27-17-7-2-3-8-21(17)33-22)23(25-13-24-18)26-14-5-4-6-15(9-14)28(29)30/h2-11,13H,12H2,1H3,(H,24,25,26). The first-order chi connectivity index (χ1) is 16.1. The van der Waals surface area contributed by atoms with Gasteiger partial charge in [0.05, 0.1) is 27.8 Å². The second-order valence-corrected chi connectivity index (χ2v) is 8.15. The van der Waals surface area contributed by atoms with E-state index in [1.807, 2.05) is 24.3 Å². The second kappa shape index (κ2) is 8.67. The van der Waals surface area contributed by atoms with Crippen LogP contribution in [-0.2, 0) is 6.61 Å². The molecule has 5 aromatic rings. The third-order valence-corrected chi connectivity index (χ3v) is 5.94. The first kappa shape index (κ1) is 20.6. The van der Waals surface area contributed by atoms with Crippen molar-refractivity contribution in [3.05, 3.63) is 82.1 Å². The Hall–Kier alpha value is -4.31. The summed E-state index contributed by atoms with van der Waals surface area (Å²) in [5.41, 5.74) is 2.10. The minimum Gasteiger partial charge on any atom is -0.493 e. The van der Waals surface area contributed by atoms with Crippen LogP contribution in [0, 0.1) is 10.1 Å². The number of hydrogen-bond acceptors (Lipinski definition) is 9. The van der Waals surface area contributed by atoms with Gasteiger partial charge in [0.1, 0.15) is 23.8 Å². The summed E-state index contributed by atoms with van der Waals surface area (Å²) in [7, 11) is 1.56. The molecule has 0 aliphatic heterocycles. The molecule has 0 saturated heterocycles. The van der Waals surface area contributed by atoms with Crippen LogP contribution in [0.2, 0.25) is 0 Å². The molecule has 0 atom stereocenters. The number of para-hydroxylation sites is 1. The van der Waals surface area contributed by atoms with E-state index in [4.69, 9.17) is 9.47 Å². The molecule has 33 heavy (non-hydrogen) atoms. The largest absolute Gasteiger partial charge is 0.493 e. The molecular formula is C23H17N5O4S. The van der Waals surface area contributed by atoms with Crippen molar-refractivity contribution < 1.29 is 14.4 Å². The minimum atomic E-state index is -0.442. The number of hydrogen-bond donors (Lipinski definition) is 1. The van der Waals surface area contributed by atoms with Crippen LogP contribution in [0.1, 0.15) is 5.01 Å². The summed E-state index contributed by atoms with van der Waals surface area (Å²) in [5, 5.41) is 15.8. The Kier molecular flexibility index (Phi) is 5.41. The minimum absolute atomic E-state index is 0.0140. The highest BCUT2D eigenvalue weighted by Gasteiger charge is 2.14. The van der Waals surface area contributed by atoms with Gasteiger partial charge in [-0.2, -0.15) is 0 Å². The number of nitro groups is 1. The molecule has 2 heterocycles. The molecule has 1 N–H and O–H groups in total. The monoisotopic (exact) mass is 459 g/mol. The van der Waals surface area contributed by atoms with E-state index in [1.54, 1.807) is 42.7 Å². The Labute approximate surface area is 191 Å². The fourth-order valence-electron chi connectivity index (χ4n) is 3.39. The van der Waals surface area contributed by atoms with E-state index in [2.05, 4.69) is 20.3 Å². The van der Waals surface area contributed by atoms with Crippen molar-refractivity contribution in [3.8, 4) is 11.5 Å². The zero-order valence-electron chi connectivity index (χ0n) is 17.4. The predicted molar refractivity (Wildman–Crippen MR) is 126 cm³/mol. The molecule has 0 unspecified atom stereocenters. The van der Waals surface area contributed by atoms with E-state index < -0.39 is 4.92 Å². The number of methoxy groups -OCH3 is 1. The van der Waals surface area contributed by atoms with E-state index in [0.717, 1.165) is 15.2 Å². The molecule has 0 radical (unpaired) electrons. The quantitative estimate of drug-likeness (QED) is 0.251. The normalized spacial score (nSPS) is 10.9. The van der Waals surface area contributed by atoms with Crippen LogP contribution < -0.4 is 14.8 Å². The lowest BCUT2D eigenvalue weighted by Crippen LogP contribution is -2.00. The number of benzene rings is 3. The van der Waals surface area contributed by atoms with Crippen molar-refractivity contribution in [1.82, 2.24) is 15.0 Å². The molecule has 0 fully saturated rings. The van der Waals surface area contributed by atoms with Crippen LogP contribution >= 0.6 is 11.3 Å². The topological polar surface area (TPSA) is 112 Å². The van der Waals surface area contributed by atoms with Gasteiger partial charge in [-0.3, -0.25) is 10.1 Å². The van der Waals surface area contributed by atoms with Crippen LogP contribution in [0.5, 0.6) is 11.5 Å². The van der Waals surface area contributed by atoms with Gasteiger partial charge in [-0.25, -0.2) is 15.0 Å². The van der Waals surface area contributed by atoms with Crippen molar-refractivity contribution >= 4 is 49.6 Å². The Morgan fingerprint density at radius 2 is 1.91 bits per heavy atom. The molecule has 0 spiro atoms. The molecule has 9 nitrogen and oxygen atoms in total. The summed E-state index contributed by atoms with van der Waals surface area (Å²) in [6.45, 7) is 0.280. The third kappa shape index (κ3) is 4.23. The average molecular weight is 459 g/mol. The molecule has 0 amide bonds. The smallest absolute Gasteiger partial charge is 0.271 e. The number of aromatic nitrogens is 3. The van der Waals surface area contributed by atoms with Crippen molar-refractivity contribution in [1.29, 1.82) is 0 Å². The van der Waals surface area contributed by atoms with E-state index in [1.165, 1.54) is 18.5 Å². The van der Waals surface area contributed by atoms with Gasteiger partial charge in [-0.05, 0) is 24.3 Å². The van der Waals surface area contributed by atoms with Crippen LogP contribution in [0.4, 0.5) is 17.2 Å². The van der Waals surface area contributed by atoms with Crippen molar-refractivity contribution in [2.24, 2.45) is 0 Å². The zero-order chi connectivity index (χ0) is 22.8. The first-order valence-electron chi connectivity index (χ1n) is 9.92. The van der Waals surface area contributed by atoms with Crippen LogP contribution in [0.3, 0.4) is 0 Å². The van der Waals surface area contributed by atoms with E-state index in [9.17, 15) is 10.1 Å². The Morgan fingerprint density at radius 3 is 2.73 bits per heavy atom. The molecule has 0 saturated carbocycles. The highest BCUT2D eigenvalue weighted by atomic mass is 32.1. The molecule has 10 heteroatoms. The molecule has 2 aromatic heterocycles. The fourth-order valence-corrected chi connectivity index (χ4v) is 4.27. The summed E-state index contributed by atoms with van der Waals surface area (Å²) in [5.74, 6) is 1.54. The maximum Gasteiger partial charge on any atom is 0.271 e.